The molecule has 0 atom stereocenters. The number of ether oxygens (including phenoxy) is 1. The van der Waals surface area contributed by atoms with E-state index in [0.717, 1.165) is 0 Å². The van der Waals surface area contributed by atoms with Gasteiger partial charge in [0.25, 0.3) is 6.43 Å². The molecule has 1 aromatic rings. The molecule has 0 spiro atoms. The molecule has 7 heteroatoms. The van der Waals surface area contributed by atoms with Gasteiger partial charge >= 0.3 is 5.97 Å². The fraction of sp³-hybridized carbons (Fsp3) is 0.455. The summed E-state index contributed by atoms with van der Waals surface area (Å²) in [6.45, 7) is 1.94. The van der Waals surface area contributed by atoms with Gasteiger partial charge in [-0.3, -0.25) is 9.78 Å². The summed E-state index contributed by atoms with van der Waals surface area (Å²) in [5, 5.41) is 0.0528. The Morgan fingerprint density at radius 2 is 2.28 bits per heavy atom. The van der Waals surface area contributed by atoms with E-state index < -0.39 is 12.4 Å². The maximum Gasteiger partial charge on any atom is 0.311 e. The van der Waals surface area contributed by atoms with Gasteiger partial charge in [0.15, 0.2) is 0 Å². The molecule has 0 saturated carbocycles. The standard InChI is InChI=1S/C11H11BrClF2NO2/c1-2-18-9(17)4-6-3-7(13)10(11(14)15)8(5-12)16-6/h3,11H,2,4-5H2,1H3. The second-order valence-corrected chi connectivity index (χ2v) is 4.34. The third kappa shape index (κ3) is 3.88. The summed E-state index contributed by atoms with van der Waals surface area (Å²) in [6.07, 6.45) is -2.79. The van der Waals surface area contributed by atoms with Crippen LogP contribution in [0, 0.1) is 0 Å². The number of hydrogen-bond acceptors (Lipinski definition) is 3. The van der Waals surface area contributed by atoms with Gasteiger partial charge in [0.2, 0.25) is 0 Å². The highest BCUT2D eigenvalue weighted by molar-refractivity contribution is 9.08. The van der Waals surface area contributed by atoms with Crippen LogP contribution in [0.5, 0.6) is 0 Å². The van der Waals surface area contributed by atoms with Crippen LogP contribution in [-0.2, 0) is 21.3 Å². The van der Waals surface area contributed by atoms with E-state index in [1.165, 1.54) is 6.07 Å². The van der Waals surface area contributed by atoms with E-state index in [1.807, 2.05) is 0 Å². The van der Waals surface area contributed by atoms with Crippen molar-refractivity contribution in [2.24, 2.45) is 0 Å². The first-order valence-corrected chi connectivity index (χ1v) is 6.67. The number of esters is 1. The van der Waals surface area contributed by atoms with E-state index in [-0.39, 0.29) is 34.6 Å². The summed E-state index contributed by atoms with van der Waals surface area (Å²) < 4.78 is 30.3. The van der Waals surface area contributed by atoms with Crippen molar-refractivity contribution >= 4 is 33.5 Å². The zero-order valence-corrected chi connectivity index (χ0v) is 11.9. The molecule has 0 aliphatic rings. The number of carbonyl (C=O) groups excluding carboxylic acids is 1. The van der Waals surface area contributed by atoms with Crippen molar-refractivity contribution in [1.82, 2.24) is 4.98 Å². The SMILES string of the molecule is CCOC(=O)Cc1cc(Cl)c(C(F)F)c(CBr)n1. The van der Waals surface area contributed by atoms with Gasteiger partial charge in [-0.05, 0) is 13.0 Å². The summed E-state index contributed by atoms with van der Waals surface area (Å²) in [6, 6.07) is 1.27. The van der Waals surface area contributed by atoms with Gasteiger partial charge in [0.1, 0.15) is 0 Å². The van der Waals surface area contributed by atoms with Crippen molar-refractivity contribution in [1.29, 1.82) is 0 Å². The van der Waals surface area contributed by atoms with Crippen LogP contribution < -0.4 is 0 Å². The first kappa shape index (κ1) is 15.3. The zero-order chi connectivity index (χ0) is 13.7. The molecule has 0 radical (unpaired) electrons. The number of hydrogen-bond donors (Lipinski definition) is 0. The largest absolute Gasteiger partial charge is 0.466 e. The van der Waals surface area contributed by atoms with E-state index in [0.29, 0.717) is 5.69 Å². The van der Waals surface area contributed by atoms with E-state index in [4.69, 9.17) is 16.3 Å². The molecular weight excluding hydrogens is 331 g/mol. The third-order valence-electron chi connectivity index (χ3n) is 2.12. The maximum atomic E-state index is 12.8. The first-order valence-electron chi connectivity index (χ1n) is 5.17. The molecule has 0 aliphatic carbocycles. The average Bonchev–Trinajstić information content (AvgIpc) is 2.27. The van der Waals surface area contributed by atoms with E-state index in [1.54, 1.807) is 6.92 Å². The van der Waals surface area contributed by atoms with Crippen LogP contribution >= 0.6 is 27.5 Å². The van der Waals surface area contributed by atoms with Gasteiger partial charge < -0.3 is 4.74 Å². The van der Waals surface area contributed by atoms with Crippen molar-refractivity contribution in [2.45, 2.75) is 25.1 Å². The van der Waals surface area contributed by atoms with Crippen LogP contribution in [0.15, 0.2) is 6.07 Å². The van der Waals surface area contributed by atoms with Gasteiger partial charge in [0.05, 0.1) is 35.0 Å². The molecule has 0 bridgehead atoms. The number of rotatable bonds is 5. The van der Waals surface area contributed by atoms with Crippen molar-refractivity contribution in [3.63, 3.8) is 0 Å². The highest BCUT2D eigenvalue weighted by Crippen LogP contribution is 2.31. The Hall–Kier alpha value is -0.750. The summed E-state index contributed by atoms with van der Waals surface area (Å²) >= 11 is 8.85. The van der Waals surface area contributed by atoms with Crippen LogP contribution in [0.1, 0.15) is 30.3 Å². The number of nitrogens with zero attached hydrogens (tertiary/aromatic N) is 1. The number of carbonyl (C=O) groups is 1. The molecule has 1 aromatic heterocycles. The van der Waals surface area contributed by atoms with Gasteiger partial charge in [-0.25, -0.2) is 8.78 Å². The van der Waals surface area contributed by atoms with Gasteiger partial charge in [0, 0.05) is 5.33 Å². The molecule has 3 nitrogen and oxygen atoms in total. The molecule has 0 fully saturated rings. The Balaban J connectivity index is 3.03. The van der Waals surface area contributed by atoms with E-state index in [2.05, 4.69) is 20.9 Å². The molecule has 18 heavy (non-hydrogen) atoms. The molecular formula is C11H11BrClF2NO2. The lowest BCUT2D eigenvalue weighted by molar-refractivity contribution is -0.142. The number of aromatic nitrogens is 1. The van der Waals surface area contributed by atoms with Crippen LogP contribution in [0.3, 0.4) is 0 Å². The minimum absolute atomic E-state index is 0.0862. The minimum atomic E-state index is -2.70. The van der Waals surface area contributed by atoms with Gasteiger partial charge in [-0.2, -0.15) is 0 Å². The van der Waals surface area contributed by atoms with Gasteiger partial charge in [-0.15, -0.1) is 0 Å². The Labute approximate surface area is 117 Å². The summed E-state index contributed by atoms with van der Waals surface area (Å²) in [5.74, 6) is -0.466. The Morgan fingerprint density at radius 1 is 1.61 bits per heavy atom. The molecule has 0 saturated heterocycles. The quantitative estimate of drug-likeness (QED) is 0.605. The predicted molar refractivity (Wildman–Crippen MR) is 67.2 cm³/mol. The van der Waals surface area contributed by atoms with Crippen LogP contribution in [0.4, 0.5) is 8.78 Å². The monoisotopic (exact) mass is 341 g/mol. The summed E-state index contributed by atoms with van der Waals surface area (Å²) in [5.41, 5.74) is 0.148. The fourth-order valence-electron chi connectivity index (χ4n) is 1.41. The second-order valence-electron chi connectivity index (χ2n) is 3.37. The molecule has 1 heterocycles. The second kappa shape index (κ2) is 6.99. The minimum Gasteiger partial charge on any atom is -0.466 e. The molecule has 1 rings (SSSR count). The van der Waals surface area contributed by atoms with Crippen molar-refractivity contribution in [3.05, 3.63) is 28.0 Å². The third-order valence-corrected chi connectivity index (χ3v) is 2.96. The lowest BCUT2D eigenvalue weighted by Crippen LogP contribution is -2.10. The van der Waals surface area contributed by atoms with Crippen LogP contribution in [0.25, 0.3) is 0 Å². The molecule has 0 amide bonds. The van der Waals surface area contributed by atoms with Crippen LogP contribution in [-0.4, -0.2) is 17.6 Å². The number of pyridine rings is 1. The number of halogens is 4. The molecule has 0 N–H and O–H groups in total. The fourth-order valence-corrected chi connectivity index (χ4v) is 2.16. The smallest absolute Gasteiger partial charge is 0.311 e. The number of alkyl halides is 3. The summed E-state index contributed by atoms with van der Waals surface area (Å²) in [4.78, 5) is 15.3. The van der Waals surface area contributed by atoms with Crippen molar-refractivity contribution in [3.8, 4) is 0 Å². The molecule has 0 aromatic carbocycles. The van der Waals surface area contributed by atoms with Crippen molar-refractivity contribution < 1.29 is 18.3 Å². The van der Waals surface area contributed by atoms with E-state index >= 15 is 0 Å². The average molecular weight is 343 g/mol. The summed E-state index contributed by atoms with van der Waals surface area (Å²) in [7, 11) is 0. The topological polar surface area (TPSA) is 39.2 Å². The van der Waals surface area contributed by atoms with E-state index in [9.17, 15) is 13.6 Å². The highest BCUT2D eigenvalue weighted by atomic mass is 79.9. The normalized spacial score (nSPS) is 10.8. The van der Waals surface area contributed by atoms with Gasteiger partial charge in [-0.1, -0.05) is 27.5 Å². The van der Waals surface area contributed by atoms with Crippen LogP contribution in [0.2, 0.25) is 5.02 Å². The Bertz CT molecular complexity index is 443. The predicted octanol–water partition coefficient (Wildman–Crippen LogP) is 3.67. The zero-order valence-electron chi connectivity index (χ0n) is 9.55. The maximum absolute atomic E-state index is 12.8. The Morgan fingerprint density at radius 3 is 2.78 bits per heavy atom. The molecule has 0 aliphatic heterocycles. The molecule has 0 unspecified atom stereocenters. The first-order chi connectivity index (χ1) is 8.49. The van der Waals surface area contributed by atoms with Crippen molar-refractivity contribution in [2.75, 3.05) is 6.61 Å². The lowest BCUT2D eigenvalue weighted by atomic mass is 10.1. The highest BCUT2D eigenvalue weighted by Gasteiger charge is 2.20. The molecule has 100 valence electrons. The lowest BCUT2D eigenvalue weighted by Gasteiger charge is -2.10. The Kier molecular flexibility index (Phi) is 5.95.